The van der Waals surface area contributed by atoms with Gasteiger partial charge in [0.15, 0.2) is 0 Å². The van der Waals surface area contributed by atoms with Crippen LogP contribution in [-0.2, 0) is 26.2 Å². The van der Waals surface area contributed by atoms with Crippen molar-refractivity contribution in [2.24, 2.45) is 0 Å². The summed E-state index contributed by atoms with van der Waals surface area (Å²) in [4.78, 5) is 0. The monoisotopic (exact) mass is 374 g/mol. The van der Waals surface area contributed by atoms with E-state index in [0.717, 1.165) is 10.8 Å². The van der Waals surface area contributed by atoms with Crippen LogP contribution < -0.4 is 4.74 Å². The van der Waals surface area contributed by atoms with Gasteiger partial charge in [0.1, 0.15) is 25.1 Å². The molecule has 1 saturated heterocycles. The molecule has 0 saturated carbocycles. The number of hydrogen-bond acceptors (Lipinski definition) is 5. The zero-order chi connectivity index (χ0) is 18.1. The lowest BCUT2D eigenvalue weighted by molar-refractivity contribution is -0.0264. The zero-order valence-electron chi connectivity index (χ0n) is 13.0. The molecule has 0 amide bonds. The molecule has 0 bridgehead atoms. The summed E-state index contributed by atoms with van der Waals surface area (Å²) in [6.07, 6.45) is 0.163. The van der Waals surface area contributed by atoms with E-state index in [1.54, 1.807) is 24.3 Å². The third kappa shape index (κ3) is 4.63. The molecule has 0 aliphatic carbocycles. The van der Waals surface area contributed by atoms with Gasteiger partial charge in [-0.2, -0.15) is 17.2 Å². The van der Waals surface area contributed by atoms with Gasteiger partial charge >= 0.3 is 15.4 Å². The van der Waals surface area contributed by atoms with Crippen molar-refractivity contribution in [3.63, 3.8) is 0 Å². The Balaban J connectivity index is 1.62. The Kier molecular flexibility index (Phi) is 4.92. The second-order valence-corrected chi connectivity index (χ2v) is 7.26. The molecular formula is C16H16F2O6S. The molecule has 0 spiro atoms. The van der Waals surface area contributed by atoms with Crippen LogP contribution in [-0.4, -0.2) is 44.1 Å². The number of epoxide rings is 1. The standard InChI is InChI=1S/C16H16F2O6S/c17-16(18,25(19,20)21)10-22-7-11-1-2-13-6-14(4-3-12(13)5-11)23-8-15-9-24-15/h1-6,15H,7-10H2,(H,19,20,21). The summed E-state index contributed by atoms with van der Waals surface area (Å²) in [5.41, 5.74) is 0.596. The molecule has 1 fully saturated rings. The van der Waals surface area contributed by atoms with E-state index >= 15 is 0 Å². The number of halogens is 2. The van der Waals surface area contributed by atoms with Crippen LogP contribution in [0.1, 0.15) is 5.56 Å². The Hall–Kier alpha value is -1.81. The molecule has 1 aliphatic heterocycles. The van der Waals surface area contributed by atoms with Crippen molar-refractivity contribution < 1.29 is 36.0 Å². The molecule has 1 atom stereocenters. The highest BCUT2D eigenvalue weighted by Gasteiger charge is 2.44. The Labute approximate surface area is 143 Å². The highest BCUT2D eigenvalue weighted by atomic mass is 32.2. The Bertz CT molecular complexity index is 864. The number of rotatable bonds is 8. The van der Waals surface area contributed by atoms with Crippen molar-refractivity contribution in [3.8, 4) is 5.75 Å². The fraction of sp³-hybridized carbons (Fsp3) is 0.375. The highest BCUT2D eigenvalue weighted by molar-refractivity contribution is 7.86. The van der Waals surface area contributed by atoms with Gasteiger partial charge in [-0.1, -0.05) is 18.2 Å². The summed E-state index contributed by atoms with van der Waals surface area (Å²) in [6.45, 7) is -0.412. The molecule has 2 aromatic rings. The Morgan fingerprint density at radius 3 is 2.56 bits per heavy atom. The summed E-state index contributed by atoms with van der Waals surface area (Å²) in [6, 6.07) is 10.7. The zero-order valence-corrected chi connectivity index (χ0v) is 13.8. The summed E-state index contributed by atoms with van der Waals surface area (Å²) >= 11 is 0. The highest BCUT2D eigenvalue weighted by Crippen LogP contribution is 2.25. The second kappa shape index (κ2) is 6.83. The average molecular weight is 374 g/mol. The van der Waals surface area contributed by atoms with Crippen molar-refractivity contribution in [1.82, 2.24) is 0 Å². The first-order chi connectivity index (χ1) is 11.7. The van der Waals surface area contributed by atoms with Gasteiger partial charge in [-0.3, -0.25) is 4.55 Å². The van der Waals surface area contributed by atoms with E-state index in [1.165, 1.54) is 0 Å². The molecule has 1 unspecified atom stereocenters. The predicted octanol–water partition coefficient (Wildman–Crippen LogP) is 2.61. The lowest BCUT2D eigenvalue weighted by Crippen LogP contribution is -2.33. The Morgan fingerprint density at radius 2 is 1.88 bits per heavy atom. The molecular weight excluding hydrogens is 358 g/mol. The van der Waals surface area contributed by atoms with Crippen molar-refractivity contribution in [2.75, 3.05) is 19.8 Å². The summed E-state index contributed by atoms with van der Waals surface area (Å²) < 4.78 is 71.0. The quantitative estimate of drug-likeness (QED) is 0.565. The van der Waals surface area contributed by atoms with Gasteiger partial charge in [-0.05, 0) is 34.5 Å². The molecule has 3 rings (SSSR count). The maximum atomic E-state index is 13.1. The van der Waals surface area contributed by atoms with Crippen LogP contribution in [0.2, 0.25) is 0 Å². The van der Waals surface area contributed by atoms with E-state index in [2.05, 4.69) is 0 Å². The number of hydrogen-bond donors (Lipinski definition) is 1. The van der Waals surface area contributed by atoms with Gasteiger partial charge in [0.25, 0.3) is 0 Å². The fourth-order valence-corrected chi connectivity index (χ4v) is 2.40. The van der Waals surface area contributed by atoms with E-state index in [1.807, 2.05) is 12.1 Å². The molecule has 6 nitrogen and oxygen atoms in total. The van der Waals surface area contributed by atoms with Crippen molar-refractivity contribution in [2.45, 2.75) is 18.0 Å². The van der Waals surface area contributed by atoms with Gasteiger partial charge in [-0.25, -0.2) is 0 Å². The molecule has 1 heterocycles. The molecule has 2 aromatic carbocycles. The maximum absolute atomic E-state index is 13.1. The Morgan fingerprint density at radius 1 is 1.20 bits per heavy atom. The molecule has 1 N–H and O–H groups in total. The fourth-order valence-electron chi connectivity index (χ4n) is 2.17. The van der Waals surface area contributed by atoms with Gasteiger partial charge < -0.3 is 14.2 Å². The van der Waals surface area contributed by atoms with Gasteiger partial charge in [0.05, 0.1) is 13.2 Å². The van der Waals surface area contributed by atoms with Crippen LogP contribution >= 0.6 is 0 Å². The first-order valence-electron chi connectivity index (χ1n) is 7.44. The summed E-state index contributed by atoms with van der Waals surface area (Å²) in [5, 5.41) is -2.57. The summed E-state index contributed by atoms with van der Waals surface area (Å²) in [5.74, 6) is 0.708. The molecule has 0 radical (unpaired) electrons. The van der Waals surface area contributed by atoms with Crippen LogP contribution in [0.4, 0.5) is 8.78 Å². The maximum Gasteiger partial charge on any atom is 0.392 e. The van der Waals surface area contributed by atoms with Crippen molar-refractivity contribution in [3.05, 3.63) is 42.0 Å². The van der Waals surface area contributed by atoms with Crippen LogP contribution in [0, 0.1) is 0 Å². The third-order valence-electron chi connectivity index (χ3n) is 3.63. The first-order valence-corrected chi connectivity index (χ1v) is 8.88. The SMILES string of the molecule is O=S(=O)(O)C(F)(F)COCc1ccc2cc(OCC3CO3)ccc2c1. The topological polar surface area (TPSA) is 85.4 Å². The molecule has 25 heavy (non-hydrogen) atoms. The second-order valence-electron chi connectivity index (χ2n) is 5.71. The van der Waals surface area contributed by atoms with Crippen LogP contribution in [0.25, 0.3) is 10.8 Å². The van der Waals surface area contributed by atoms with Crippen LogP contribution in [0.5, 0.6) is 5.75 Å². The normalized spacial score (nSPS) is 17.6. The molecule has 0 aromatic heterocycles. The van der Waals surface area contributed by atoms with Crippen LogP contribution in [0.3, 0.4) is 0 Å². The largest absolute Gasteiger partial charge is 0.491 e. The van der Waals surface area contributed by atoms with Gasteiger partial charge in [0.2, 0.25) is 0 Å². The molecule has 136 valence electrons. The van der Waals surface area contributed by atoms with Crippen molar-refractivity contribution >= 4 is 20.9 Å². The smallest absolute Gasteiger partial charge is 0.392 e. The summed E-state index contributed by atoms with van der Waals surface area (Å²) in [7, 11) is -5.48. The number of fused-ring (bicyclic) bond motifs is 1. The van der Waals surface area contributed by atoms with E-state index in [0.29, 0.717) is 24.5 Å². The van der Waals surface area contributed by atoms with Crippen molar-refractivity contribution in [1.29, 1.82) is 0 Å². The number of alkyl halides is 2. The first kappa shape index (κ1) is 18.0. The lowest BCUT2D eigenvalue weighted by atomic mass is 10.1. The van der Waals surface area contributed by atoms with E-state index < -0.39 is 22.0 Å². The predicted molar refractivity (Wildman–Crippen MR) is 85.3 cm³/mol. The van der Waals surface area contributed by atoms with E-state index in [-0.39, 0.29) is 12.7 Å². The van der Waals surface area contributed by atoms with Gasteiger partial charge in [-0.15, -0.1) is 0 Å². The van der Waals surface area contributed by atoms with E-state index in [4.69, 9.17) is 18.8 Å². The number of benzene rings is 2. The molecule has 1 aliphatic rings. The minimum absolute atomic E-state index is 0.163. The van der Waals surface area contributed by atoms with Crippen LogP contribution in [0.15, 0.2) is 36.4 Å². The van der Waals surface area contributed by atoms with E-state index in [9.17, 15) is 17.2 Å². The average Bonchev–Trinajstić information content (AvgIpc) is 3.36. The number of ether oxygens (including phenoxy) is 3. The minimum atomic E-state index is -5.48. The lowest BCUT2D eigenvalue weighted by Gasteiger charge is -2.13. The van der Waals surface area contributed by atoms with Gasteiger partial charge in [0, 0.05) is 0 Å². The molecule has 9 heteroatoms. The minimum Gasteiger partial charge on any atom is -0.491 e. The third-order valence-corrected chi connectivity index (χ3v) is 4.50.